The van der Waals surface area contributed by atoms with Gasteiger partial charge in [-0.05, 0) is 11.6 Å². The molecular formula is C7H9ClN2O. The highest BCUT2D eigenvalue weighted by molar-refractivity contribution is 6.29. The molecular weight excluding hydrogens is 164 g/mol. The first-order chi connectivity index (χ1) is 5.24. The van der Waals surface area contributed by atoms with Gasteiger partial charge in [0.15, 0.2) is 0 Å². The smallest absolute Gasteiger partial charge is 0.129 e. The summed E-state index contributed by atoms with van der Waals surface area (Å²) >= 11 is 5.55. The Morgan fingerprint density at radius 1 is 1.64 bits per heavy atom. The number of rotatable bonds is 2. The zero-order valence-corrected chi connectivity index (χ0v) is 6.62. The van der Waals surface area contributed by atoms with E-state index in [1.807, 2.05) is 0 Å². The van der Waals surface area contributed by atoms with E-state index in [4.69, 9.17) is 22.4 Å². The van der Waals surface area contributed by atoms with E-state index in [-0.39, 0.29) is 12.6 Å². The molecule has 4 heteroatoms. The minimum absolute atomic E-state index is 0.0800. The van der Waals surface area contributed by atoms with Crippen LogP contribution in [0.15, 0.2) is 18.3 Å². The average molecular weight is 173 g/mol. The highest BCUT2D eigenvalue weighted by atomic mass is 35.5. The summed E-state index contributed by atoms with van der Waals surface area (Å²) in [5.74, 6) is 0. The van der Waals surface area contributed by atoms with Gasteiger partial charge in [-0.15, -0.1) is 0 Å². The predicted molar refractivity (Wildman–Crippen MR) is 43.3 cm³/mol. The van der Waals surface area contributed by atoms with Crippen molar-refractivity contribution in [2.45, 2.75) is 6.04 Å². The summed E-state index contributed by atoms with van der Waals surface area (Å²) < 4.78 is 0. The predicted octanol–water partition coefficient (Wildman–Crippen LogP) is 0.727. The fourth-order valence-corrected chi connectivity index (χ4v) is 0.824. The molecule has 11 heavy (non-hydrogen) atoms. The number of aliphatic hydroxyl groups excluding tert-OH is 1. The van der Waals surface area contributed by atoms with Crippen LogP contribution in [-0.4, -0.2) is 16.7 Å². The van der Waals surface area contributed by atoms with Gasteiger partial charge in [0.25, 0.3) is 0 Å². The van der Waals surface area contributed by atoms with Crippen LogP contribution in [0.3, 0.4) is 0 Å². The van der Waals surface area contributed by atoms with E-state index < -0.39 is 0 Å². The summed E-state index contributed by atoms with van der Waals surface area (Å²) in [7, 11) is 0. The molecule has 0 aliphatic heterocycles. The number of nitrogens with two attached hydrogens (primary N) is 1. The van der Waals surface area contributed by atoms with Crippen molar-refractivity contribution in [3.63, 3.8) is 0 Å². The highest BCUT2D eigenvalue weighted by Gasteiger charge is 2.02. The SMILES string of the molecule is N[C@@H](CO)c1ccc(Cl)nc1. The quantitative estimate of drug-likeness (QED) is 0.647. The molecule has 0 saturated heterocycles. The van der Waals surface area contributed by atoms with Gasteiger partial charge in [-0.1, -0.05) is 17.7 Å². The molecule has 3 nitrogen and oxygen atoms in total. The first-order valence-electron chi connectivity index (χ1n) is 3.22. The van der Waals surface area contributed by atoms with Gasteiger partial charge >= 0.3 is 0 Å². The number of halogens is 1. The van der Waals surface area contributed by atoms with Gasteiger partial charge in [0.05, 0.1) is 12.6 Å². The maximum atomic E-state index is 8.67. The number of hydrogen-bond acceptors (Lipinski definition) is 3. The van der Waals surface area contributed by atoms with Crippen LogP contribution in [0.1, 0.15) is 11.6 Å². The van der Waals surface area contributed by atoms with Gasteiger partial charge in [-0.2, -0.15) is 0 Å². The monoisotopic (exact) mass is 172 g/mol. The zero-order chi connectivity index (χ0) is 8.27. The molecule has 1 rings (SSSR count). The van der Waals surface area contributed by atoms with Crippen LogP contribution in [0.25, 0.3) is 0 Å². The molecule has 0 bridgehead atoms. The lowest BCUT2D eigenvalue weighted by Gasteiger charge is -2.06. The Labute approximate surface area is 69.8 Å². The summed E-state index contributed by atoms with van der Waals surface area (Å²) in [4.78, 5) is 3.82. The molecule has 3 N–H and O–H groups in total. The van der Waals surface area contributed by atoms with Gasteiger partial charge in [0.1, 0.15) is 5.15 Å². The standard InChI is InChI=1S/C7H9ClN2O/c8-7-2-1-5(3-10-7)6(9)4-11/h1-3,6,11H,4,9H2/t6-/m0/s1. The number of hydrogen-bond donors (Lipinski definition) is 2. The first-order valence-corrected chi connectivity index (χ1v) is 3.59. The lowest BCUT2D eigenvalue weighted by molar-refractivity contribution is 0.268. The van der Waals surface area contributed by atoms with Crippen molar-refractivity contribution in [2.75, 3.05) is 6.61 Å². The first kappa shape index (κ1) is 8.46. The fraction of sp³-hybridized carbons (Fsp3) is 0.286. The molecule has 1 heterocycles. The molecule has 1 aromatic rings. The molecule has 0 amide bonds. The van der Waals surface area contributed by atoms with E-state index in [0.29, 0.717) is 5.15 Å². The summed E-state index contributed by atoms with van der Waals surface area (Å²) in [6, 6.07) is 3.03. The minimum Gasteiger partial charge on any atom is -0.394 e. The van der Waals surface area contributed by atoms with E-state index in [0.717, 1.165) is 5.56 Å². The van der Waals surface area contributed by atoms with Gasteiger partial charge < -0.3 is 10.8 Å². The number of pyridine rings is 1. The second-order valence-electron chi connectivity index (χ2n) is 2.20. The third-order valence-electron chi connectivity index (χ3n) is 1.38. The van der Waals surface area contributed by atoms with Gasteiger partial charge in [0.2, 0.25) is 0 Å². The van der Waals surface area contributed by atoms with Crippen LogP contribution in [0.4, 0.5) is 0 Å². The molecule has 0 aromatic carbocycles. The van der Waals surface area contributed by atoms with Crippen LogP contribution >= 0.6 is 11.6 Å². The molecule has 1 atom stereocenters. The molecule has 0 spiro atoms. The van der Waals surface area contributed by atoms with Crippen LogP contribution in [-0.2, 0) is 0 Å². The molecule has 60 valence electrons. The van der Waals surface area contributed by atoms with E-state index in [1.54, 1.807) is 18.3 Å². The van der Waals surface area contributed by atoms with Crippen molar-refractivity contribution in [1.29, 1.82) is 0 Å². The molecule has 0 aliphatic rings. The molecule has 0 radical (unpaired) electrons. The second-order valence-corrected chi connectivity index (χ2v) is 2.59. The highest BCUT2D eigenvalue weighted by Crippen LogP contribution is 2.10. The summed E-state index contributed by atoms with van der Waals surface area (Å²) in [5, 5.41) is 9.10. The molecule has 0 saturated carbocycles. The molecule has 0 aliphatic carbocycles. The largest absolute Gasteiger partial charge is 0.394 e. The third-order valence-corrected chi connectivity index (χ3v) is 1.60. The number of aliphatic hydroxyl groups is 1. The van der Waals surface area contributed by atoms with Gasteiger partial charge in [-0.25, -0.2) is 4.98 Å². The Bertz CT molecular complexity index is 224. The topological polar surface area (TPSA) is 59.1 Å². The van der Waals surface area contributed by atoms with Crippen LogP contribution < -0.4 is 5.73 Å². The van der Waals surface area contributed by atoms with Crippen molar-refractivity contribution in [2.24, 2.45) is 5.73 Å². The van der Waals surface area contributed by atoms with Gasteiger partial charge in [0, 0.05) is 6.20 Å². The maximum absolute atomic E-state index is 8.67. The Morgan fingerprint density at radius 2 is 2.36 bits per heavy atom. The van der Waals surface area contributed by atoms with Crippen LogP contribution in [0, 0.1) is 0 Å². The summed E-state index contributed by atoms with van der Waals surface area (Å²) in [5.41, 5.74) is 6.30. The molecule has 1 aromatic heterocycles. The third kappa shape index (κ3) is 2.15. The van der Waals surface area contributed by atoms with Crippen molar-refractivity contribution < 1.29 is 5.11 Å². The average Bonchev–Trinajstić information content (AvgIpc) is 2.05. The number of aromatic nitrogens is 1. The number of nitrogens with zero attached hydrogens (tertiary/aromatic N) is 1. The molecule has 0 unspecified atom stereocenters. The van der Waals surface area contributed by atoms with E-state index in [2.05, 4.69) is 4.98 Å². The van der Waals surface area contributed by atoms with Crippen molar-refractivity contribution in [3.05, 3.63) is 29.0 Å². The van der Waals surface area contributed by atoms with Crippen LogP contribution in [0.2, 0.25) is 5.15 Å². The van der Waals surface area contributed by atoms with Gasteiger partial charge in [-0.3, -0.25) is 0 Å². The Hall–Kier alpha value is -0.640. The van der Waals surface area contributed by atoms with Crippen molar-refractivity contribution in [3.8, 4) is 0 Å². The fourth-order valence-electron chi connectivity index (χ4n) is 0.712. The maximum Gasteiger partial charge on any atom is 0.129 e. The van der Waals surface area contributed by atoms with E-state index >= 15 is 0 Å². The molecule has 0 fully saturated rings. The van der Waals surface area contributed by atoms with Crippen molar-refractivity contribution >= 4 is 11.6 Å². The van der Waals surface area contributed by atoms with Crippen LogP contribution in [0.5, 0.6) is 0 Å². The van der Waals surface area contributed by atoms with E-state index in [1.165, 1.54) is 0 Å². The normalized spacial score (nSPS) is 13.0. The Balaban J connectivity index is 2.81. The zero-order valence-electron chi connectivity index (χ0n) is 5.87. The Morgan fingerprint density at radius 3 is 2.82 bits per heavy atom. The summed E-state index contributed by atoms with van der Waals surface area (Å²) in [6.07, 6.45) is 1.56. The van der Waals surface area contributed by atoms with E-state index in [9.17, 15) is 0 Å². The Kier molecular flexibility index (Phi) is 2.82. The lowest BCUT2D eigenvalue weighted by Crippen LogP contribution is -2.14. The van der Waals surface area contributed by atoms with Crippen molar-refractivity contribution in [1.82, 2.24) is 4.98 Å². The second kappa shape index (κ2) is 3.67. The lowest BCUT2D eigenvalue weighted by atomic mass is 10.1. The minimum atomic E-state index is -0.361. The summed E-state index contributed by atoms with van der Waals surface area (Å²) in [6.45, 7) is -0.0800.